The molecule has 0 radical (unpaired) electrons. The predicted octanol–water partition coefficient (Wildman–Crippen LogP) is 3.13. The number of amides is 2. The van der Waals surface area contributed by atoms with Crippen molar-refractivity contribution in [2.45, 2.75) is 18.9 Å². The van der Waals surface area contributed by atoms with Crippen molar-refractivity contribution in [3.8, 4) is 0 Å². The summed E-state index contributed by atoms with van der Waals surface area (Å²) >= 11 is 0. The molecule has 1 aliphatic heterocycles. The van der Waals surface area contributed by atoms with Crippen LogP contribution >= 0.6 is 0 Å². The van der Waals surface area contributed by atoms with Crippen LogP contribution in [0.15, 0.2) is 61.2 Å². The van der Waals surface area contributed by atoms with Crippen molar-refractivity contribution in [1.82, 2.24) is 4.90 Å². The van der Waals surface area contributed by atoms with Crippen LogP contribution < -0.4 is 5.32 Å². The Kier molecular flexibility index (Phi) is 6.04. The molecule has 5 heteroatoms. The maximum Gasteiger partial charge on any atom is 0.247 e. The summed E-state index contributed by atoms with van der Waals surface area (Å²) in [6, 6.07) is 15.5. The minimum Gasteiger partial charge on any atom is -0.371 e. The molecule has 0 aromatic heterocycles. The van der Waals surface area contributed by atoms with Gasteiger partial charge in [-0.2, -0.15) is 0 Å². The smallest absolute Gasteiger partial charge is 0.247 e. The topological polar surface area (TPSA) is 58.6 Å². The second-order valence-electron chi connectivity index (χ2n) is 6.61. The van der Waals surface area contributed by atoms with Crippen molar-refractivity contribution >= 4 is 17.5 Å². The Bertz CT molecular complexity index is 847. The lowest BCUT2D eigenvalue weighted by Crippen LogP contribution is -2.34. The Morgan fingerprint density at radius 2 is 1.96 bits per heavy atom. The van der Waals surface area contributed by atoms with Gasteiger partial charge in [0.2, 0.25) is 11.8 Å². The molecule has 2 aromatic carbocycles. The molecule has 0 saturated carbocycles. The number of fused-ring (bicyclic) bond motifs is 1. The summed E-state index contributed by atoms with van der Waals surface area (Å²) in [6.45, 7) is 4.62. The van der Waals surface area contributed by atoms with Crippen molar-refractivity contribution < 1.29 is 14.3 Å². The van der Waals surface area contributed by atoms with Gasteiger partial charge in [-0.3, -0.25) is 9.59 Å². The number of hydrogen-bond donors (Lipinski definition) is 1. The number of para-hydroxylation sites is 1. The molecular weight excluding hydrogens is 340 g/mol. The summed E-state index contributed by atoms with van der Waals surface area (Å²) in [4.78, 5) is 26.0. The lowest BCUT2D eigenvalue weighted by Gasteiger charge is -2.30. The van der Waals surface area contributed by atoms with Gasteiger partial charge in [-0.05, 0) is 35.3 Å². The number of nitrogens with zero attached hydrogens (tertiary/aromatic N) is 1. The molecule has 0 fully saturated rings. The maximum absolute atomic E-state index is 12.7. The number of hydrogen-bond acceptors (Lipinski definition) is 3. The highest BCUT2D eigenvalue weighted by atomic mass is 16.5. The van der Waals surface area contributed by atoms with E-state index in [4.69, 9.17) is 4.74 Å². The van der Waals surface area contributed by atoms with E-state index in [2.05, 4.69) is 24.0 Å². The van der Waals surface area contributed by atoms with Crippen molar-refractivity contribution in [3.63, 3.8) is 0 Å². The van der Waals surface area contributed by atoms with Gasteiger partial charge in [0.25, 0.3) is 0 Å². The molecule has 0 aliphatic carbocycles. The van der Waals surface area contributed by atoms with Crippen LogP contribution in [0.4, 0.5) is 5.69 Å². The van der Waals surface area contributed by atoms with Crippen LogP contribution in [-0.2, 0) is 27.2 Å². The fourth-order valence-corrected chi connectivity index (χ4v) is 3.26. The molecule has 3 rings (SSSR count). The summed E-state index contributed by atoms with van der Waals surface area (Å²) in [7, 11) is 1.79. The molecule has 0 spiro atoms. The van der Waals surface area contributed by atoms with Crippen LogP contribution in [0.2, 0.25) is 0 Å². The van der Waals surface area contributed by atoms with E-state index >= 15 is 0 Å². The molecule has 1 unspecified atom stereocenters. The van der Waals surface area contributed by atoms with Crippen LogP contribution in [0.25, 0.3) is 0 Å². The number of anilines is 1. The van der Waals surface area contributed by atoms with Gasteiger partial charge in [0.05, 0.1) is 19.6 Å². The van der Waals surface area contributed by atoms with Gasteiger partial charge in [-0.1, -0.05) is 49.0 Å². The molecule has 1 atom stereocenters. The number of nitrogens with one attached hydrogen (secondary N) is 1. The highest BCUT2D eigenvalue weighted by molar-refractivity contribution is 5.99. The number of benzene rings is 2. The lowest BCUT2D eigenvalue weighted by molar-refractivity contribution is -0.131. The van der Waals surface area contributed by atoms with Gasteiger partial charge in [0.15, 0.2) is 0 Å². The van der Waals surface area contributed by atoms with Crippen molar-refractivity contribution in [1.29, 1.82) is 0 Å². The van der Waals surface area contributed by atoms with Crippen LogP contribution in [0.1, 0.15) is 22.8 Å². The van der Waals surface area contributed by atoms with Gasteiger partial charge in [0, 0.05) is 12.7 Å². The van der Waals surface area contributed by atoms with E-state index in [0.29, 0.717) is 18.8 Å². The molecule has 1 aliphatic rings. The molecule has 2 aromatic rings. The molecule has 5 nitrogen and oxygen atoms in total. The predicted molar refractivity (Wildman–Crippen MR) is 105 cm³/mol. The number of carbonyl (C=O) groups is 2. The summed E-state index contributed by atoms with van der Waals surface area (Å²) in [5.41, 5.74) is 3.84. The average Bonchev–Trinajstić information content (AvgIpc) is 2.69. The molecule has 2 amide bonds. The van der Waals surface area contributed by atoms with E-state index in [1.807, 2.05) is 30.3 Å². The first kappa shape index (κ1) is 18.9. The van der Waals surface area contributed by atoms with E-state index < -0.39 is 0 Å². The van der Waals surface area contributed by atoms with Gasteiger partial charge in [0.1, 0.15) is 6.10 Å². The molecular formula is C22H24N2O3. The molecule has 0 saturated heterocycles. The SMILES string of the molecule is C=CC(=O)Nc1ccccc1CC(=O)N(C)CC1OCCc2ccccc21. The monoisotopic (exact) mass is 364 g/mol. The molecule has 1 heterocycles. The van der Waals surface area contributed by atoms with E-state index in [-0.39, 0.29) is 24.3 Å². The minimum atomic E-state index is -0.296. The first-order valence-corrected chi connectivity index (χ1v) is 9.03. The third-order valence-corrected chi connectivity index (χ3v) is 4.76. The number of carbonyl (C=O) groups excluding carboxylic acids is 2. The molecule has 0 bridgehead atoms. The zero-order valence-electron chi connectivity index (χ0n) is 15.5. The summed E-state index contributed by atoms with van der Waals surface area (Å²) in [5, 5.41) is 2.75. The quantitative estimate of drug-likeness (QED) is 0.801. The maximum atomic E-state index is 12.7. The number of ether oxygens (including phenoxy) is 1. The highest BCUT2D eigenvalue weighted by Gasteiger charge is 2.24. The standard InChI is InChI=1S/C22H24N2O3/c1-3-21(25)23-19-11-7-5-9-17(19)14-22(26)24(2)15-20-18-10-6-4-8-16(18)12-13-27-20/h3-11,20H,1,12-15H2,2H3,(H,23,25). The molecule has 27 heavy (non-hydrogen) atoms. The van der Waals surface area contributed by atoms with Gasteiger partial charge >= 0.3 is 0 Å². The van der Waals surface area contributed by atoms with Crippen molar-refractivity contribution in [2.75, 3.05) is 25.5 Å². The van der Waals surface area contributed by atoms with Crippen LogP contribution in [-0.4, -0.2) is 36.9 Å². The second-order valence-corrected chi connectivity index (χ2v) is 6.61. The van der Waals surface area contributed by atoms with Crippen LogP contribution in [0, 0.1) is 0 Å². The van der Waals surface area contributed by atoms with Gasteiger partial charge in [-0.15, -0.1) is 0 Å². The Morgan fingerprint density at radius 1 is 1.22 bits per heavy atom. The van der Waals surface area contributed by atoms with Gasteiger partial charge < -0.3 is 15.0 Å². The largest absolute Gasteiger partial charge is 0.371 e. The average molecular weight is 364 g/mol. The Balaban J connectivity index is 1.67. The highest BCUT2D eigenvalue weighted by Crippen LogP contribution is 2.27. The Labute approximate surface area is 159 Å². The van der Waals surface area contributed by atoms with Crippen LogP contribution in [0.5, 0.6) is 0 Å². The zero-order chi connectivity index (χ0) is 19.2. The third-order valence-electron chi connectivity index (χ3n) is 4.76. The second kappa shape index (κ2) is 8.64. The van der Waals surface area contributed by atoms with E-state index in [1.165, 1.54) is 11.6 Å². The van der Waals surface area contributed by atoms with Crippen molar-refractivity contribution in [2.24, 2.45) is 0 Å². The fraction of sp³-hybridized carbons (Fsp3) is 0.273. The normalized spacial score (nSPS) is 15.5. The lowest BCUT2D eigenvalue weighted by atomic mass is 9.97. The molecule has 140 valence electrons. The molecule has 1 N–H and O–H groups in total. The number of likely N-dealkylation sites (N-methyl/N-ethyl adjacent to an activating group) is 1. The summed E-state index contributed by atoms with van der Waals surface area (Å²) in [5.74, 6) is -0.322. The Morgan fingerprint density at radius 3 is 2.78 bits per heavy atom. The van der Waals surface area contributed by atoms with E-state index in [1.54, 1.807) is 18.0 Å². The first-order valence-electron chi connectivity index (χ1n) is 9.03. The first-order chi connectivity index (χ1) is 13.1. The number of rotatable bonds is 6. The summed E-state index contributed by atoms with van der Waals surface area (Å²) in [6.07, 6.45) is 2.21. The van der Waals surface area contributed by atoms with Gasteiger partial charge in [-0.25, -0.2) is 0 Å². The summed E-state index contributed by atoms with van der Waals surface area (Å²) < 4.78 is 5.90. The zero-order valence-corrected chi connectivity index (χ0v) is 15.5. The fourth-order valence-electron chi connectivity index (χ4n) is 3.26. The van der Waals surface area contributed by atoms with E-state index in [9.17, 15) is 9.59 Å². The third kappa shape index (κ3) is 4.63. The Hall–Kier alpha value is -2.92. The van der Waals surface area contributed by atoms with Crippen LogP contribution in [0.3, 0.4) is 0 Å². The minimum absolute atomic E-state index is 0.0260. The van der Waals surface area contributed by atoms with Crippen molar-refractivity contribution in [3.05, 3.63) is 77.9 Å². The van der Waals surface area contributed by atoms with E-state index in [0.717, 1.165) is 17.5 Å².